The molecule has 0 aromatic carbocycles. The molecule has 0 spiro atoms. The summed E-state index contributed by atoms with van der Waals surface area (Å²) in [7, 11) is 0. The van der Waals surface area contributed by atoms with Crippen molar-refractivity contribution in [2.75, 3.05) is 39.5 Å². The number of amides is 1. The zero-order valence-corrected chi connectivity index (χ0v) is 15.9. The highest BCUT2D eigenvalue weighted by Gasteiger charge is 2.27. The molecular weight excluding hydrogens is 336 g/mol. The van der Waals surface area contributed by atoms with E-state index < -0.39 is 0 Å². The molecule has 1 aromatic heterocycles. The van der Waals surface area contributed by atoms with Crippen molar-refractivity contribution in [1.29, 1.82) is 0 Å². The Labute approximate surface area is 154 Å². The Hall–Kier alpha value is -1.67. The maximum atomic E-state index is 12.2. The minimum Gasteiger partial charge on any atom is -0.448 e. The molecule has 2 fully saturated rings. The predicted molar refractivity (Wildman–Crippen MR) is 94.6 cm³/mol. The number of ether oxygens (including phenoxy) is 2. The number of likely N-dealkylation sites (tertiary alicyclic amines) is 1. The molecule has 2 saturated heterocycles. The first-order valence-electron chi connectivity index (χ1n) is 9.67. The molecule has 8 heteroatoms. The van der Waals surface area contributed by atoms with Crippen LogP contribution >= 0.6 is 0 Å². The van der Waals surface area contributed by atoms with Crippen molar-refractivity contribution >= 4 is 6.09 Å². The summed E-state index contributed by atoms with van der Waals surface area (Å²) < 4.78 is 16.2. The number of rotatable bonds is 6. The molecule has 1 atom stereocenters. The minimum absolute atomic E-state index is 0.203. The first-order valence-corrected chi connectivity index (χ1v) is 9.67. The van der Waals surface area contributed by atoms with Crippen molar-refractivity contribution in [1.82, 2.24) is 19.9 Å². The quantitative estimate of drug-likeness (QED) is 0.762. The molecule has 2 aliphatic rings. The van der Waals surface area contributed by atoms with E-state index in [1.54, 1.807) is 4.90 Å². The molecule has 0 bridgehead atoms. The van der Waals surface area contributed by atoms with Gasteiger partial charge in [0, 0.05) is 25.6 Å². The monoisotopic (exact) mass is 366 g/mol. The summed E-state index contributed by atoms with van der Waals surface area (Å²) in [6.07, 6.45) is 3.89. The third kappa shape index (κ3) is 5.41. The fourth-order valence-electron chi connectivity index (χ4n) is 3.44. The lowest BCUT2D eigenvalue weighted by Crippen LogP contribution is -2.45. The summed E-state index contributed by atoms with van der Waals surface area (Å²) >= 11 is 0. The van der Waals surface area contributed by atoms with E-state index in [2.05, 4.69) is 28.9 Å². The third-order valence-electron chi connectivity index (χ3n) is 4.86. The van der Waals surface area contributed by atoms with Crippen molar-refractivity contribution in [3.8, 4) is 0 Å². The van der Waals surface area contributed by atoms with Crippen LogP contribution in [0.25, 0.3) is 0 Å². The lowest BCUT2D eigenvalue weighted by atomic mass is 10.0. The molecule has 146 valence electrons. The summed E-state index contributed by atoms with van der Waals surface area (Å²) in [4.78, 5) is 20.7. The second-order valence-electron chi connectivity index (χ2n) is 7.50. The molecule has 0 radical (unpaired) electrons. The Bertz CT molecular complexity index is 571. The first-order chi connectivity index (χ1) is 12.6. The van der Waals surface area contributed by atoms with Gasteiger partial charge in [-0.2, -0.15) is 4.98 Å². The van der Waals surface area contributed by atoms with Crippen molar-refractivity contribution in [2.24, 2.45) is 5.92 Å². The number of carbonyl (C=O) groups excluding carboxylic acids is 1. The lowest BCUT2D eigenvalue weighted by molar-refractivity contribution is 0.0106. The van der Waals surface area contributed by atoms with Gasteiger partial charge in [-0.25, -0.2) is 4.79 Å². The highest BCUT2D eigenvalue weighted by molar-refractivity contribution is 5.67. The van der Waals surface area contributed by atoms with Gasteiger partial charge in [-0.3, -0.25) is 4.90 Å². The smallest absolute Gasteiger partial charge is 0.409 e. The number of nitrogens with zero attached hydrogens (tertiary/aromatic N) is 4. The van der Waals surface area contributed by atoms with Crippen LogP contribution in [0, 0.1) is 5.92 Å². The summed E-state index contributed by atoms with van der Waals surface area (Å²) in [5.74, 6) is 1.91. The van der Waals surface area contributed by atoms with Gasteiger partial charge in [-0.05, 0) is 25.3 Å². The Morgan fingerprint density at radius 3 is 2.85 bits per heavy atom. The van der Waals surface area contributed by atoms with Crippen LogP contribution in [0.2, 0.25) is 0 Å². The van der Waals surface area contributed by atoms with E-state index in [4.69, 9.17) is 14.0 Å². The SMILES string of the molecule is CC(C)Cc1noc(CN2CCCCC2COC(=O)N2CCOCC2)n1. The van der Waals surface area contributed by atoms with Crippen molar-refractivity contribution in [3.63, 3.8) is 0 Å². The Morgan fingerprint density at radius 2 is 2.08 bits per heavy atom. The van der Waals surface area contributed by atoms with Crippen LogP contribution in [0.15, 0.2) is 4.52 Å². The molecule has 2 aliphatic heterocycles. The Balaban J connectivity index is 1.50. The average molecular weight is 366 g/mol. The molecule has 0 N–H and O–H groups in total. The van der Waals surface area contributed by atoms with Crippen LogP contribution in [0.1, 0.15) is 44.8 Å². The molecule has 26 heavy (non-hydrogen) atoms. The molecule has 8 nitrogen and oxygen atoms in total. The van der Waals surface area contributed by atoms with Crippen LogP contribution < -0.4 is 0 Å². The van der Waals surface area contributed by atoms with Gasteiger partial charge in [-0.15, -0.1) is 0 Å². The van der Waals surface area contributed by atoms with Gasteiger partial charge in [0.05, 0.1) is 19.8 Å². The fourth-order valence-corrected chi connectivity index (χ4v) is 3.44. The zero-order chi connectivity index (χ0) is 18.4. The second kappa shape index (κ2) is 9.32. The highest BCUT2D eigenvalue weighted by atomic mass is 16.6. The normalized spacial score (nSPS) is 22.0. The molecule has 1 amide bonds. The van der Waals surface area contributed by atoms with Crippen molar-refractivity contribution in [3.05, 3.63) is 11.7 Å². The van der Waals surface area contributed by atoms with Crippen LogP contribution in [0.5, 0.6) is 0 Å². The summed E-state index contributed by atoms with van der Waals surface area (Å²) in [6, 6.07) is 0.203. The van der Waals surface area contributed by atoms with Crippen LogP contribution in [0.3, 0.4) is 0 Å². The molecule has 0 saturated carbocycles. The Morgan fingerprint density at radius 1 is 1.27 bits per heavy atom. The van der Waals surface area contributed by atoms with Gasteiger partial charge in [0.1, 0.15) is 6.61 Å². The summed E-state index contributed by atoms with van der Waals surface area (Å²) in [5.41, 5.74) is 0. The van der Waals surface area contributed by atoms with Crippen molar-refractivity contribution < 1.29 is 18.8 Å². The topological polar surface area (TPSA) is 80.9 Å². The van der Waals surface area contributed by atoms with Crippen molar-refractivity contribution in [2.45, 2.75) is 52.1 Å². The van der Waals surface area contributed by atoms with Crippen LogP contribution in [-0.4, -0.2) is 71.5 Å². The maximum Gasteiger partial charge on any atom is 0.409 e. The van der Waals surface area contributed by atoms with Crippen LogP contribution in [0.4, 0.5) is 4.79 Å². The van der Waals surface area contributed by atoms with E-state index in [0.29, 0.717) is 51.3 Å². The summed E-state index contributed by atoms with van der Waals surface area (Å²) in [6.45, 7) is 8.64. The van der Waals surface area contributed by atoms with Gasteiger partial charge >= 0.3 is 6.09 Å². The van der Waals surface area contributed by atoms with Gasteiger partial charge in [0.15, 0.2) is 5.82 Å². The van der Waals surface area contributed by atoms with E-state index >= 15 is 0 Å². The summed E-state index contributed by atoms with van der Waals surface area (Å²) in [5, 5.41) is 4.07. The fraction of sp³-hybridized carbons (Fsp3) is 0.833. The van der Waals surface area contributed by atoms with Gasteiger partial charge in [0.25, 0.3) is 0 Å². The number of aromatic nitrogens is 2. The predicted octanol–water partition coefficient (Wildman–Crippen LogP) is 2.09. The van der Waals surface area contributed by atoms with Gasteiger partial charge in [-0.1, -0.05) is 25.4 Å². The molecule has 3 heterocycles. The number of hydrogen-bond donors (Lipinski definition) is 0. The van der Waals surface area contributed by atoms with E-state index in [1.165, 1.54) is 0 Å². The number of piperidine rings is 1. The minimum atomic E-state index is -0.240. The zero-order valence-electron chi connectivity index (χ0n) is 15.9. The van der Waals surface area contributed by atoms with E-state index in [9.17, 15) is 4.79 Å². The number of hydrogen-bond acceptors (Lipinski definition) is 7. The van der Waals surface area contributed by atoms with Crippen LogP contribution in [-0.2, 0) is 22.4 Å². The molecule has 0 aliphatic carbocycles. The molecule has 1 unspecified atom stereocenters. The Kier molecular flexibility index (Phi) is 6.85. The highest BCUT2D eigenvalue weighted by Crippen LogP contribution is 2.20. The first kappa shape index (κ1) is 19.1. The average Bonchev–Trinajstić information content (AvgIpc) is 3.07. The number of carbonyl (C=O) groups is 1. The van der Waals surface area contributed by atoms with E-state index in [1.807, 2.05) is 0 Å². The lowest BCUT2D eigenvalue weighted by Gasteiger charge is -2.35. The molecule has 1 aromatic rings. The van der Waals surface area contributed by atoms with Gasteiger partial charge in [0.2, 0.25) is 5.89 Å². The van der Waals surface area contributed by atoms with E-state index in [-0.39, 0.29) is 12.1 Å². The van der Waals surface area contributed by atoms with Gasteiger partial charge < -0.3 is 18.9 Å². The second-order valence-corrected chi connectivity index (χ2v) is 7.50. The standard InChI is InChI=1S/C18H30N4O4/c1-14(2)11-16-19-17(26-20-16)12-22-6-4-3-5-15(22)13-25-18(23)21-7-9-24-10-8-21/h14-15H,3-13H2,1-2H3. The largest absolute Gasteiger partial charge is 0.448 e. The third-order valence-corrected chi connectivity index (χ3v) is 4.86. The maximum absolute atomic E-state index is 12.2. The number of morpholine rings is 1. The molecule has 3 rings (SSSR count). The molecular formula is C18H30N4O4. The van der Waals surface area contributed by atoms with E-state index in [0.717, 1.165) is 38.1 Å².